The molecular formula is C16H23ClFN3O2. The second kappa shape index (κ2) is 9.47. The predicted molar refractivity (Wildman–Crippen MR) is 89.3 cm³/mol. The molecule has 1 atom stereocenters. The Balaban J connectivity index is 0.00000264. The molecule has 0 spiro atoms. The van der Waals surface area contributed by atoms with E-state index in [4.69, 9.17) is 0 Å². The highest BCUT2D eigenvalue weighted by Gasteiger charge is 2.22. The summed E-state index contributed by atoms with van der Waals surface area (Å²) in [6.45, 7) is 2.23. The zero-order valence-electron chi connectivity index (χ0n) is 13.2. The van der Waals surface area contributed by atoms with E-state index in [2.05, 4.69) is 10.6 Å². The van der Waals surface area contributed by atoms with E-state index >= 15 is 0 Å². The molecular weight excluding hydrogens is 321 g/mol. The van der Waals surface area contributed by atoms with Gasteiger partial charge in [-0.1, -0.05) is 0 Å². The van der Waals surface area contributed by atoms with Crippen molar-refractivity contribution >= 4 is 24.2 Å². The Morgan fingerprint density at radius 3 is 2.65 bits per heavy atom. The van der Waals surface area contributed by atoms with Crippen LogP contribution in [0.2, 0.25) is 0 Å². The van der Waals surface area contributed by atoms with Crippen molar-refractivity contribution in [3.63, 3.8) is 0 Å². The van der Waals surface area contributed by atoms with Crippen LogP contribution in [-0.4, -0.2) is 49.4 Å². The van der Waals surface area contributed by atoms with Gasteiger partial charge in [0.15, 0.2) is 0 Å². The molecule has 0 saturated carbocycles. The highest BCUT2D eigenvalue weighted by molar-refractivity contribution is 5.94. The average molecular weight is 344 g/mol. The first-order chi connectivity index (χ1) is 10.6. The van der Waals surface area contributed by atoms with Crippen molar-refractivity contribution in [3.8, 4) is 0 Å². The molecule has 5 nitrogen and oxygen atoms in total. The zero-order chi connectivity index (χ0) is 15.9. The quantitative estimate of drug-likeness (QED) is 0.771. The lowest BCUT2D eigenvalue weighted by Gasteiger charge is -2.23. The van der Waals surface area contributed by atoms with Crippen LogP contribution in [0, 0.1) is 5.82 Å². The summed E-state index contributed by atoms with van der Waals surface area (Å²) in [5, 5.41) is 5.97. The van der Waals surface area contributed by atoms with E-state index in [-0.39, 0.29) is 36.1 Å². The van der Waals surface area contributed by atoms with Crippen LogP contribution in [0.1, 0.15) is 29.6 Å². The molecule has 1 aromatic rings. The normalized spacial score (nSPS) is 16.5. The second-order valence-electron chi connectivity index (χ2n) is 5.52. The van der Waals surface area contributed by atoms with Crippen LogP contribution >= 0.6 is 12.4 Å². The van der Waals surface area contributed by atoms with Crippen molar-refractivity contribution in [2.24, 2.45) is 0 Å². The SMILES string of the molecule is CN(C(=O)CCCNC(=O)c1ccc(F)cc1)C1CCNC1.Cl. The molecule has 2 N–H and O–H groups in total. The first-order valence-electron chi connectivity index (χ1n) is 7.58. The fourth-order valence-electron chi connectivity index (χ4n) is 2.49. The van der Waals surface area contributed by atoms with Crippen LogP contribution in [0.5, 0.6) is 0 Å². The fourth-order valence-corrected chi connectivity index (χ4v) is 2.49. The van der Waals surface area contributed by atoms with E-state index in [0.717, 1.165) is 19.5 Å². The monoisotopic (exact) mass is 343 g/mol. The molecule has 128 valence electrons. The Hall–Kier alpha value is -1.66. The maximum Gasteiger partial charge on any atom is 0.251 e. The van der Waals surface area contributed by atoms with Crippen molar-refractivity contribution in [3.05, 3.63) is 35.6 Å². The molecule has 1 saturated heterocycles. The number of halogens is 2. The fraction of sp³-hybridized carbons (Fsp3) is 0.500. The molecule has 0 radical (unpaired) electrons. The van der Waals surface area contributed by atoms with Gasteiger partial charge in [-0.25, -0.2) is 4.39 Å². The lowest BCUT2D eigenvalue weighted by Crippen LogP contribution is -2.38. The molecule has 0 aliphatic carbocycles. The number of amides is 2. The molecule has 0 aromatic heterocycles. The Morgan fingerprint density at radius 2 is 2.04 bits per heavy atom. The third-order valence-corrected chi connectivity index (χ3v) is 3.93. The molecule has 2 rings (SSSR count). The van der Waals surface area contributed by atoms with Crippen molar-refractivity contribution in [1.82, 2.24) is 15.5 Å². The number of likely N-dealkylation sites (N-methyl/N-ethyl adjacent to an activating group) is 1. The second-order valence-corrected chi connectivity index (χ2v) is 5.52. The first-order valence-corrected chi connectivity index (χ1v) is 7.58. The maximum absolute atomic E-state index is 12.8. The summed E-state index contributed by atoms with van der Waals surface area (Å²) in [5.74, 6) is -0.517. The van der Waals surface area contributed by atoms with E-state index in [9.17, 15) is 14.0 Å². The number of rotatable bonds is 6. The van der Waals surface area contributed by atoms with Gasteiger partial charge in [-0.2, -0.15) is 0 Å². The topological polar surface area (TPSA) is 61.4 Å². The lowest BCUT2D eigenvalue weighted by molar-refractivity contribution is -0.131. The third-order valence-electron chi connectivity index (χ3n) is 3.93. The molecule has 23 heavy (non-hydrogen) atoms. The highest BCUT2D eigenvalue weighted by Crippen LogP contribution is 2.08. The molecule has 1 fully saturated rings. The summed E-state index contributed by atoms with van der Waals surface area (Å²) in [4.78, 5) is 25.6. The zero-order valence-corrected chi connectivity index (χ0v) is 14.0. The van der Waals surface area contributed by atoms with Gasteiger partial charge in [-0.3, -0.25) is 9.59 Å². The lowest BCUT2D eigenvalue weighted by atomic mass is 10.2. The number of hydrogen-bond donors (Lipinski definition) is 2. The summed E-state index contributed by atoms with van der Waals surface area (Å²) in [5.41, 5.74) is 0.418. The van der Waals surface area contributed by atoms with Crippen LogP contribution in [0.15, 0.2) is 24.3 Å². The summed E-state index contributed by atoms with van der Waals surface area (Å²) in [6, 6.07) is 5.67. The van der Waals surface area contributed by atoms with Gasteiger partial charge >= 0.3 is 0 Å². The number of nitrogens with zero attached hydrogens (tertiary/aromatic N) is 1. The Bertz CT molecular complexity index is 519. The van der Waals surface area contributed by atoms with Crippen molar-refractivity contribution < 1.29 is 14.0 Å². The summed E-state index contributed by atoms with van der Waals surface area (Å²) in [7, 11) is 1.83. The van der Waals surface area contributed by atoms with E-state index in [1.54, 1.807) is 4.90 Å². The maximum atomic E-state index is 12.8. The number of nitrogens with one attached hydrogen (secondary N) is 2. The van der Waals surface area contributed by atoms with Crippen LogP contribution < -0.4 is 10.6 Å². The Morgan fingerprint density at radius 1 is 1.35 bits per heavy atom. The molecule has 1 aromatic carbocycles. The summed E-state index contributed by atoms with van der Waals surface area (Å²) < 4.78 is 12.8. The Labute approximate surface area is 142 Å². The van der Waals surface area contributed by atoms with Crippen molar-refractivity contribution in [1.29, 1.82) is 0 Å². The van der Waals surface area contributed by atoms with Gasteiger partial charge in [0, 0.05) is 38.2 Å². The minimum absolute atomic E-state index is 0. The van der Waals surface area contributed by atoms with Crippen LogP contribution in [0.25, 0.3) is 0 Å². The van der Waals surface area contributed by atoms with Gasteiger partial charge in [0.1, 0.15) is 5.82 Å². The smallest absolute Gasteiger partial charge is 0.251 e. The first kappa shape index (κ1) is 19.4. The van der Waals surface area contributed by atoms with Crippen LogP contribution in [0.3, 0.4) is 0 Å². The van der Waals surface area contributed by atoms with E-state index in [1.165, 1.54) is 24.3 Å². The molecule has 1 unspecified atom stereocenters. The van der Waals surface area contributed by atoms with Crippen molar-refractivity contribution in [2.75, 3.05) is 26.7 Å². The third kappa shape index (κ3) is 5.80. The number of hydrogen-bond acceptors (Lipinski definition) is 3. The molecule has 7 heteroatoms. The number of carbonyl (C=O) groups excluding carboxylic acids is 2. The number of benzene rings is 1. The average Bonchev–Trinajstić information content (AvgIpc) is 3.05. The number of carbonyl (C=O) groups is 2. The molecule has 0 bridgehead atoms. The minimum atomic E-state index is -0.369. The van der Waals surface area contributed by atoms with E-state index in [1.807, 2.05) is 7.05 Å². The standard InChI is InChI=1S/C16H22FN3O2.ClH/c1-20(14-8-10-18-11-14)15(21)3-2-9-19-16(22)12-4-6-13(17)7-5-12;/h4-7,14,18H,2-3,8-11H2,1H3,(H,19,22);1H. The minimum Gasteiger partial charge on any atom is -0.352 e. The Kier molecular flexibility index (Phi) is 7.98. The largest absolute Gasteiger partial charge is 0.352 e. The van der Waals surface area contributed by atoms with Gasteiger partial charge < -0.3 is 15.5 Å². The van der Waals surface area contributed by atoms with Gasteiger partial charge in [0.05, 0.1) is 0 Å². The summed E-state index contributed by atoms with van der Waals surface area (Å²) >= 11 is 0. The van der Waals surface area contributed by atoms with E-state index < -0.39 is 0 Å². The van der Waals surface area contributed by atoms with Crippen LogP contribution in [-0.2, 0) is 4.79 Å². The van der Waals surface area contributed by atoms with Crippen LogP contribution in [0.4, 0.5) is 4.39 Å². The molecule has 1 aliphatic rings. The van der Waals surface area contributed by atoms with Gasteiger partial charge in [0.25, 0.3) is 5.91 Å². The molecule has 2 amide bonds. The van der Waals surface area contributed by atoms with Gasteiger partial charge in [-0.05, 0) is 43.7 Å². The van der Waals surface area contributed by atoms with Gasteiger partial charge in [0.2, 0.25) is 5.91 Å². The highest BCUT2D eigenvalue weighted by atomic mass is 35.5. The van der Waals surface area contributed by atoms with E-state index in [0.29, 0.717) is 24.9 Å². The van der Waals surface area contributed by atoms with Crippen molar-refractivity contribution in [2.45, 2.75) is 25.3 Å². The molecule has 1 aliphatic heterocycles. The van der Waals surface area contributed by atoms with Gasteiger partial charge in [-0.15, -0.1) is 12.4 Å². The molecule has 1 heterocycles. The summed E-state index contributed by atoms with van der Waals surface area (Å²) in [6.07, 6.45) is 2.00. The predicted octanol–water partition coefficient (Wildman–Crippen LogP) is 1.58.